The minimum Gasteiger partial charge on any atom is -0.368 e. The van der Waals surface area contributed by atoms with Gasteiger partial charge in [-0.25, -0.2) is 8.42 Å². The van der Waals surface area contributed by atoms with Crippen molar-refractivity contribution < 1.29 is 8.42 Å². The monoisotopic (exact) mass is 413 g/mol. The van der Waals surface area contributed by atoms with Crippen LogP contribution in [-0.2, 0) is 10.0 Å². The van der Waals surface area contributed by atoms with Gasteiger partial charge in [-0.05, 0) is 35.9 Å². The summed E-state index contributed by atoms with van der Waals surface area (Å²) in [5.74, 6) is 0. The fraction of sp³-hybridized carbons (Fsp3) is 0.190. The summed E-state index contributed by atoms with van der Waals surface area (Å²) in [5.41, 5.74) is 2.76. The molecule has 7 heteroatoms. The third-order valence-electron chi connectivity index (χ3n) is 4.85. The molecule has 5 nitrogen and oxygen atoms in total. The molecule has 1 aliphatic rings. The van der Waals surface area contributed by atoms with E-state index >= 15 is 0 Å². The average molecular weight is 414 g/mol. The van der Waals surface area contributed by atoms with E-state index < -0.39 is 10.0 Å². The van der Waals surface area contributed by atoms with E-state index in [1.807, 2.05) is 54.6 Å². The highest BCUT2D eigenvalue weighted by Crippen LogP contribution is 2.28. The van der Waals surface area contributed by atoms with E-state index in [1.54, 1.807) is 12.3 Å². The predicted molar refractivity (Wildman–Crippen MR) is 115 cm³/mol. The lowest BCUT2D eigenvalue weighted by Crippen LogP contribution is -2.48. The lowest BCUT2D eigenvalue weighted by Gasteiger charge is -2.35. The van der Waals surface area contributed by atoms with Gasteiger partial charge < -0.3 is 4.90 Å². The molecule has 1 aromatic heterocycles. The van der Waals surface area contributed by atoms with Gasteiger partial charge in [-0.2, -0.15) is 4.31 Å². The molecule has 2 aromatic carbocycles. The molecule has 1 fully saturated rings. The van der Waals surface area contributed by atoms with E-state index in [1.165, 1.54) is 9.71 Å². The number of hydrogen-bond acceptors (Lipinski definition) is 4. The molecule has 0 saturated carbocycles. The van der Waals surface area contributed by atoms with E-state index in [2.05, 4.69) is 9.88 Å². The molecule has 0 atom stereocenters. The molecular formula is C21H20ClN3O2S. The highest BCUT2D eigenvalue weighted by Gasteiger charge is 2.25. The summed E-state index contributed by atoms with van der Waals surface area (Å²) in [6, 6.07) is 17.1. The highest BCUT2D eigenvalue weighted by atomic mass is 35.5. The van der Waals surface area contributed by atoms with Crippen molar-refractivity contribution in [3.8, 4) is 0 Å². The summed E-state index contributed by atoms with van der Waals surface area (Å²) in [5, 5.41) is 2.97. The van der Waals surface area contributed by atoms with Gasteiger partial charge in [-0.1, -0.05) is 41.9 Å². The normalized spacial score (nSPS) is 16.1. The van der Waals surface area contributed by atoms with Crippen LogP contribution in [0, 0.1) is 0 Å². The fourth-order valence-electron chi connectivity index (χ4n) is 3.38. The Bertz CT molecular complexity index is 1110. The Kier molecular flexibility index (Phi) is 5.35. The maximum atomic E-state index is 12.6. The first-order valence-electron chi connectivity index (χ1n) is 9.05. The summed E-state index contributed by atoms with van der Waals surface area (Å²) in [4.78, 5) is 6.58. The van der Waals surface area contributed by atoms with Crippen molar-refractivity contribution in [2.45, 2.75) is 0 Å². The maximum absolute atomic E-state index is 12.6. The molecule has 1 saturated heterocycles. The van der Waals surface area contributed by atoms with E-state index in [-0.39, 0.29) is 0 Å². The maximum Gasteiger partial charge on any atom is 0.236 e. The third kappa shape index (κ3) is 4.04. The number of rotatable bonds is 4. The van der Waals surface area contributed by atoms with Crippen LogP contribution in [0.1, 0.15) is 5.56 Å². The number of fused-ring (bicyclic) bond motifs is 1. The Balaban J connectivity index is 1.48. The Labute approximate surface area is 169 Å². The number of nitrogens with zero attached hydrogens (tertiary/aromatic N) is 3. The summed E-state index contributed by atoms with van der Waals surface area (Å²) in [7, 11) is -3.44. The van der Waals surface area contributed by atoms with Crippen LogP contribution in [0.4, 0.5) is 5.69 Å². The average Bonchev–Trinajstić information content (AvgIpc) is 2.72. The number of benzene rings is 2. The van der Waals surface area contributed by atoms with E-state index in [0.29, 0.717) is 31.2 Å². The lowest BCUT2D eigenvalue weighted by atomic mass is 10.1. The summed E-state index contributed by atoms with van der Waals surface area (Å²) < 4.78 is 26.8. The van der Waals surface area contributed by atoms with Crippen molar-refractivity contribution in [2.75, 3.05) is 31.1 Å². The van der Waals surface area contributed by atoms with Crippen LogP contribution in [0.3, 0.4) is 0 Å². The third-order valence-corrected chi connectivity index (χ3v) is 6.65. The zero-order valence-corrected chi connectivity index (χ0v) is 16.8. The molecule has 28 heavy (non-hydrogen) atoms. The zero-order valence-electron chi connectivity index (χ0n) is 15.2. The Morgan fingerprint density at radius 1 is 0.964 bits per heavy atom. The van der Waals surface area contributed by atoms with Crippen molar-refractivity contribution in [1.82, 2.24) is 9.29 Å². The second-order valence-corrected chi connectivity index (χ2v) is 8.89. The first-order chi connectivity index (χ1) is 13.5. The van der Waals surface area contributed by atoms with Crippen molar-refractivity contribution in [2.24, 2.45) is 0 Å². The standard InChI is InChI=1S/C21H20ClN3O2S/c22-18-6-7-19-20(16-18)23-10-8-21(19)24-11-13-25(14-12-24)28(26,27)15-9-17-4-2-1-3-5-17/h1-10,15-16H,11-14H2. The van der Waals surface area contributed by atoms with Crippen molar-refractivity contribution >= 4 is 44.3 Å². The number of piperazine rings is 1. The summed E-state index contributed by atoms with van der Waals surface area (Å²) in [6.45, 7) is 2.14. The van der Waals surface area contributed by atoms with Crippen molar-refractivity contribution in [3.63, 3.8) is 0 Å². The molecule has 0 radical (unpaired) electrons. The molecule has 0 bridgehead atoms. The molecule has 0 spiro atoms. The smallest absolute Gasteiger partial charge is 0.236 e. The SMILES string of the molecule is O=S(=O)(C=Cc1ccccc1)N1CCN(c2ccnc3cc(Cl)ccc23)CC1. The molecule has 144 valence electrons. The predicted octanol–water partition coefficient (Wildman–Crippen LogP) is 4.01. The minimum atomic E-state index is -3.44. The Hall–Kier alpha value is -2.41. The van der Waals surface area contributed by atoms with Gasteiger partial charge in [0.05, 0.1) is 5.52 Å². The second-order valence-electron chi connectivity index (χ2n) is 6.64. The Morgan fingerprint density at radius 3 is 2.46 bits per heavy atom. The fourth-order valence-corrected chi connectivity index (χ4v) is 4.72. The molecule has 0 amide bonds. The number of hydrogen-bond donors (Lipinski definition) is 0. The number of anilines is 1. The van der Waals surface area contributed by atoms with Crippen LogP contribution in [0.25, 0.3) is 17.0 Å². The van der Waals surface area contributed by atoms with E-state index in [0.717, 1.165) is 22.2 Å². The first-order valence-corrected chi connectivity index (χ1v) is 10.9. The van der Waals surface area contributed by atoms with Crippen LogP contribution >= 0.6 is 11.6 Å². The van der Waals surface area contributed by atoms with Gasteiger partial charge in [0.1, 0.15) is 0 Å². The summed E-state index contributed by atoms with van der Waals surface area (Å²) in [6.07, 6.45) is 3.40. The van der Waals surface area contributed by atoms with E-state index in [9.17, 15) is 8.42 Å². The van der Waals surface area contributed by atoms with Crippen LogP contribution in [-0.4, -0.2) is 43.9 Å². The number of halogens is 1. The molecule has 3 aromatic rings. The zero-order chi connectivity index (χ0) is 19.6. The van der Waals surface area contributed by atoms with Gasteiger partial charge >= 0.3 is 0 Å². The van der Waals surface area contributed by atoms with Crippen molar-refractivity contribution in [3.05, 3.63) is 76.8 Å². The molecule has 0 aliphatic carbocycles. The number of sulfonamides is 1. The molecule has 0 N–H and O–H groups in total. The van der Waals surface area contributed by atoms with Gasteiger partial charge in [0.2, 0.25) is 10.0 Å². The van der Waals surface area contributed by atoms with Crippen LogP contribution < -0.4 is 4.90 Å². The molecule has 4 rings (SSSR count). The molecule has 0 unspecified atom stereocenters. The lowest BCUT2D eigenvalue weighted by molar-refractivity contribution is 0.390. The topological polar surface area (TPSA) is 53.5 Å². The molecule has 2 heterocycles. The van der Waals surface area contributed by atoms with Crippen LogP contribution in [0.5, 0.6) is 0 Å². The quantitative estimate of drug-likeness (QED) is 0.648. The van der Waals surface area contributed by atoms with Gasteiger partial charge in [-0.15, -0.1) is 0 Å². The van der Waals surface area contributed by atoms with Gasteiger partial charge in [0, 0.05) is 53.9 Å². The molecule has 1 aliphatic heterocycles. The van der Waals surface area contributed by atoms with E-state index in [4.69, 9.17) is 11.6 Å². The second kappa shape index (κ2) is 7.91. The minimum absolute atomic E-state index is 0.443. The number of aromatic nitrogens is 1. The van der Waals surface area contributed by atoms with Gasteiger partial charge in [-0.3, -0.25) is 4.98 Å². The Morgan fingerprint density at radius 2 is 1.71 bits per heavy atom. The largest absolute Gasteiger partial charge is 0.368 e. The highest BCUT2D eigenvalue weighted by molar-refractivity contribution is 7.92. The first kappa shape index (κ1) is 18.9. The van der Waals surface area contributed by atoms with Crippen LogP contribution in [0.15, 0.2) is 66.2 Å². The van der Waals surface area contributed by atoms with Gasteiger partial charge in [0.15, 0.2) is 0 Å². The van der Waals surface area contributed by atoms with Crippen molar-refractivity contribution in [1.29, 1.82) is 0 Å². The number of pyridine rings is 1. The summed E-state index contributed by atoms with van der Waals surface area (Å²) >= 11 is 6.07. The van der Waals surface area contributed by atoms with Gasteiger partial charge in [0.25, 0.3) is 0 Å². The molecular weight excluding hydrogens is 394 g/mol. The van der Waals surface area contributed by atoms with Crippen LogP contribution in [0.2, 0.25) is 5.02 Å².